The van der Waals surface area contributed by atoms with Crippen molar-refractivity contribution in [3.8, 4) is 11.5 Å². The van der Waals surface area contributed by atoms with Gasteiger partial charge in [-0.25, -0.2) is 4.39 Å². The Kier molecular flexibility index (Phi) is 8.95. The molecule has 2 aromatic rings. The average Bonchev–Trinajstić information content (AvgIpc) is 2.57. The molecule has 2 rings (SSSR count). The van der Waals surface area contributed by atoms with Crippen LogP contribution in [0.25, 0.3) is 0 Å². The van der Waals surface area contributed by atoms with Crippen LogP contribution in [0.1, 0.15) is 24.0 Å². The molecule has 136 valence electrons. The summed E-state index contributed by atoms with van der Waals surface area (Å²) in [4.78, 5) is 11.7. The van der Waals surface area contributed by atoms with E-state index in [-0.39, 0.29) is 24.1 Å². The van der Waals surface area contributed by atoms with Crippen molar-refractivity contribution in [2.75, 3.05) is 13.6 Å². The maximum Gasteiger partial charge on any atom is 0.220 e. The molecule has 0 saturated carbocycles. The number of benzene rings is 2. The Hall–Kier alpha value is -2.11. The third-order valence-electron chi connectivity index (χ3n) is 3.60. The molecule has 2 N–H and O–H groups in total. The van der Waals surface area contributed by atoms with E-state index in [0.717, 1.165) is 24.1 Å². The van der Waals surface area contributed by atoms with Gasteiger partial charge in [-0.3, -0.25) is 4.79 Å². The first kappa shape index (κ1) is 20.9. The number of nitrogens with one attached hydrogen (secondary N) is 2. The van der Waals surface area contributed by atoms with Crippen LogP contribution >= 0.6 is 12.4 Å². The lowest BCUT2D eigenvalue weighted by molar-refractivity contribution is -0.121. The molecule has 0 spiro atoms. The van der Waals surface area contributed by atoms with Gasteiger partial charge in [-0.15, -0.1) is 12.4 Å². The molecule has 2 aromatic carbocycles. The largest absolute Gasteiger partial charge is 0.457 e. The summed E-state index contributed by atoms with van der Waals surface area (Å²) in [6.45, 7) is 3.27. The highest BCUT2D eigenvalue weighted by molar-refractivity contribution is 5.85. The second kappa shape index (κ2) is 10.7. The molecule has 0 bridgehead atoms. The molecule has 0 atom stereocenters. The van der Waals surface area contributed by atoms with Gasteiger partial charge in [0.2, 0.25) is 5.91 Å². The van der Waals surface area contributed by atoms with Crippen LogP contribution < -0.4 is 15.4 Å². The summed E-state index contributed by atoms with van der Waals surface area (Å²) in [5.74, 6) is 1.06. The van der Waals surface area contributed by atoms with E-state index in [9.17, 15) is 9.18 Å². The van der Waals surface area contributed by atoms with E-state index in [1.807, 2.05) is 32.2 Å². The molecule has 0 radical (unpaired) electrons. The second-order valence-corrected chi connectivity index (χ2v) is 5.64. The van der Waals surface area contributed by atoms with E-state index in [2.05, 4.69) is 10.6 Å². The first-order chi connectivity index (χ1) is 11.6. The van der Waals surface area contributed by atoms with Crippen LogP contribution in [0.5, 0.6) is 11.5 Å². The summed E-state index contributed by atoms with van der Waals surface area (Å²) < 4.78 is 18.7. The minimum absolute atomic E-state index is 0. The Bertz CT molecular complexity index is 678. The summed E-state index contributed by atoms with van der Waals surface area (Å²) in [6, 6.07) is 11.7. The van der Waals surface area contributed by atoms with Crippen LogP contribution in [0, 0.1) is 12.7 Å². The zero-order valence-electron chi connectivity index (χ0n) is 14.5. The van der Waals surface area contributed by atoms with Crippen molar-refractivity contribution in [2.45, 2.75) is 26.3 Å². The molecule has 4 nitrogen and oxygen atoms in total. The Labute approximate surface area is 154 Å². The first-order valence-electron chi connectivity index (χ1n) is 8.02. The van der Waals surface area contributed by atoms with Crippen molar-refractivity contribution in [1.82, 2.24) is 10.6 Å². The van der Waals surface area contributed by atoms with Crippen molar-refractivity contribution in [2.24, 2.45) is 0 Å². The lowest BCUT2D eigenvalue weighted by atomic mass is 10.1. The first-order valence-corrected chi connectivity index (χ1v) is 8.02. The van der Waals surface area contributed by atoms with Gasteiger partial charge >= 0.3 is 0 Å². The van der Waals surface area contributed by atoms with Crippen molar-refractivity contribution in [1.29, 1.82) is 0 Å². The zero-order valence-corrected chi connectivity index (χ0v) is 15.3. The third kappa shape index (κ3) is 7.11. The Morgan fingerprint density at radius 3 is 2.52 bits per heavy atom. The number of carbonyl (C=O) groups excluding carboxylic acids is 1. The summed E-state index contributed by atoms with van der Waals surface area (Å²) in [5, 5.41) is 5.93. The fourth-order valence-electron chi connectivity index (χ4n) is 2.28. The molecule has 0 unspecified atom stereocenters. The fourth-order valence-corrected chi connectivity index (χ4v) is 2.28. The molecule has 0 fully saturated rings. The number of halogens is 2. The van der Waals surface area contributed by atoms with E-state index < -0.39 is 0 Å². The van der Waals surface area contributed by atoms with E-state index in [1.165, 1.54) is 12.1 Å². The van der Waals surface area contributed by atoms with Crippen LogP contribution in [0.3, 0.4) is 0 Å². The van der Waals surface area contributed by atoms with Gasteiger partial charge in [0.25, 0.3) is 0 Å². The summed E-state index contributed by atoms with van der Waals surface area (Å²) >= 11 is 0. The van der Waals surface area contributed by atoms with E-state index in [4.69, 9.17) is 4.74 Å². The predicted octanol–water partition coefficient (Wildman–Crippen LogP) is 3.96. The number of amides is 1. The zero-order chi connectivity index (χ0) is 17.4. The molecule has 0 aliphatic carbocycles. The Morgan fingerprint density at radius 1 is 1.16 bits per heavy atom. The molecule has 0 aliphatic rings. The van der Waals surface area contributed by atoms with Crippen LogP contribution in [0.4, 0.5) is 4.39 Å². The Morgan fingerprint density at radius 2 is 1.88 bits per heavy atom. The van der Waals surface area contributed by atoms with Crippen molar-refractivity contribution in [3.05, 3.63) is 59.4 Å². The van der Waals surface area contributed by atoms with Crippen molar-refractivity contribution in [3.63, 3.8) is 0 Å². The van der Waals surface area contributed by atoms with Crippen LogP contribution in [0.15, 0.2) is 42.5 Å². The van der Waals surface area contributed by atoms with Gasteiger partial charge in [0.15, 0.2) is 0 Å². The number of hydrogen-bond donors (Lipinski definition) is 2. The maximum atomic E-state index is 12.9. The fraction of sp³-hybridized carbons (Fsp3) is 0.316. The van der Waals surface area contributed by atoms with Crippen LogP contribution in [-0.4, -0.2) is 19.5 Å². The molecule has 0 saturated heterocycles. The number of aryl methyl sites for hydroxylation is 1. The minimum atomic E-state index is -0.292. The highest BCUT2D eigenvalue weighted by atomic mass is 35.5. The lowest BCUT2D eigenvalue weighted by Crippen LogP contribution is -2.23. The number of carbonyl (C=O) groups is 1. The van der Waals surface area contributed by atoms with E-state index in [0.29, 0.717) is 24.5 Å². The number of rotatable bonds is 8. The normalized spacial score (nSPS) is 10.0. The van der Waals surface area contributed by atoms with Gasteiger partial charge in [-0.2, -0.15) is 0 Å². The van der Waals surface area contributed by atoms with Crippen molar-refractivity contribution < 1.29 is 13.9 Å². The minimum Gasteiger partial charge on any atom is -0.457 e. The van der Waals surface area contributed by atoms with Gasteiger partial charge in [0.05, 0.1) is 0 Å². The highest BCUT2D eigenvalue weighted by Crippen LogP contribution is 2.25. The van der Waals surface area contributed by atoms with Crippen LogP contribution in [-0.2, 0) is 11.3 Å². The highest BCUT2D eigenvalue weighted by Gasteiger charge is 2.05. The predicted molar refractivity (Wildman–Crippen MR) is 99.9 cm³/mol. The van der Waals surface area contributed by atoms with Gasteiger partial charge in [-0.05, 0) is 68.4 Å². The molecule has 25 heavy (non-hydrogen) atoms. The average molecular weight is 367 g/mol. The smallest absolute Gasteiger partial charge is 0.220 e. The molecule has 0 aliphatic heterocycles. The number of ether oxygens (including phenoxy) is 1. The monoisotopic (exact) mass is 366 g/mol. The third-order valence-corrected chi connectivity index (χ3v) is 3.60. The van der Waals surface area contributed by atoms with Gasteiger partial charge < -0.3 is 15.4 Å². The topological polar surface area (TPSA) is 50.4 Å². The van der Waals surface area contributed by atoms with E-state index >= 15 is 0 Å². The van der Waals surface area contributed by atoms with Gasteiger partial charge in [-0.1, -0.05) is 12.1 Å². The summed E-state index contributed by atoms with van der Waals surface area (Å²) in [5.41, 5.74) is 1.97. The van der Waals surface area contributed by atoms with Crippen molar-refractivity contribution >= 4 is 18.3 Å². The van der Waals surface area contributed by atoms with Crippen LogP contribution in [0.2, 0.25) is 0 Å². The van der Waals surface area contributed by atoms with Gasteiger partial charge in [0, 0.05) is 13.0 Å². The standard InChI is InChI=1S/C19H23FN2O2.ClH/c1-14-12-15(13-22-19(23)4-3-11-21-2)5-10-18(14)24-17-8-6-16(20)7-9-17;/h5-10,12,21H,3-4,11,13H2,1-2H3,(H,22,23);1H. The summed E-state index contributed by atoms with van der Waals surface area (Å²) in [6.07, 6.45) is 1.34. The maximum absolute atomic E-state index is 12.9. The Balaban J connectivity index is 0.00000312. The summed E-state index contributed by atoms with van der Waals surface area (Å²) in [7, 11) is 1.87. The number of hydrogen-bond acceptors (Lipinski definition) is 3. The molecule has 0 heterocycles. The molecule has 1 amide bonds. The van der Waals surface area contributed by atoms with E-state index in [1.54, 1.807) is 12.1 Å². The molecule has 6 heteroatoms. The second-order valence-electron chi connectivity index (χ2n) is 5.64. The van der Waals surface area contributed by atoms with Gasteiger partial charge in [0.1, 0.15) is 17.3 Å². The molecular formula is C19H24ClFN2O2. The SMILES string of the molecule is CNCCCC(=O)NCc1ccc(Oc2ccc(F)cc2)c(C)c1.Cl. The molecular weight excluding hydrogens is 343 g/mol. The lowest BCUT2D eigenvalue weighted by Gasteiger charge is -2.11. The molecule has 0 aromatic heterocycles. The quantitative estimate of drug-likeness (QED) is 0.695.